The molecule has 1 aliphatic heterocycles. The molecule has 1 aliphatic rings. The maximum Gasteiger partial charge on any atom is 0.227 e. The summed E-state index contributed by atoms with van der Waals surface area (Å²) in [6.07, 6.45) is 2.34. The van der Waals surface area contributed by atoms with Gasteiger partial charge in [0.25, 0.3) is 0 Å². The van der Waals surface area contributed by atoms with Crippen LogP contribution in [-0.2, 0) is 16.1 Å². The van der Waals surface area contributed by atoms with E-state index in [0.717, 1.165) is 24.9 Å². The summed E-state index contributed by atoms with van der Waals surface area (Å²) in [4.78, 5) is 18.9. The van der Waals surface area contributed by atoms with Crippen LogP contribution in [0.4, 0.5) is 0 Å². The molecule has 2 rings (SSSR count). The van der Waals surface area contributed by atoms with Gasteiger partial charge in [-0.15, -0.1) is 0 Å². The Morgan fingerprint density at radius 2 is 2.39 bits per heavy atom. The topological polar surface area (TPSA) is 55.6 Å². The second-order valence-electron chi connectivity index (χ2n) is 4.91. The third-order valence-corrected chi connectivity index (χ3v) is 3.36. The Kier molecular flexibility index (Phi) is 4.33. The van der Waals surface area contributed by atoms with Gasteiger partial charge in [0.05, 0.1) is 12.5 Å². The summed E-state index contributed by atoms with van der Waals surface area (Å²) in [5, 5.41) is 0. The number of likely N-dealkylation sites (tertiary alicyclic amines) is 1. The maximum atomic E-state index is 12.2. The van der Waals surface area contributed by atoms with Crippen molar-refractivity contribution in [3.05, 3.63) is 35.4 Å². The van der Waals surface area contributed by atoms with Gasteiger partial charge in [-0.1, -0.05) is 29.8 Å². The van der Waals surface area contributed by atoms with Crippen molar-refractivity contribution in [3.8, 4) is 0 Å². The Morgan fingerprint density at radius 3 is 3.11 bits per heavy atom. The van der Waals surface area contributed by atoms with Crippen LogP contribution in [0.25, 0.3) is 0 Å². The van der Waals surface area contributed by atoms with E-state index in [0.29, 0.717) is 13.0 Å². The molecule has 1 aromatic rings. The number of benzene rings is 1. The standard InChI is InChI=1S/C14H20N2O2/c1-11-4-2-5-12(8-11)9-14(17)16-7-3-6-13(10-16)18-15/h2,4-5,8,13H,3,6-7,9-10,15H2,1H3. The Bertz CT molecular complexity index is 420. The van der Waals surface area contributed by atoms with Crippen LogP contribution in [0, 0.1) is 6.92 Å². The second kappa shape index (κ2) is 5.98. The number of amides is 1. The zero-order chi connectivity index (χ0) is 13.0. The number of piperidine rings is 1. The van der Waals surface area contributed by atoms with Crippen molar-refractivity contribution >= 4 is 5.91 Å². The Labute approximate surface area is 108 Å². The largest absolute Gasteiger partial charge is 0.340 e. The molecule has 0 aromatic heterocycles. The van der Waals surface area contributed by atoms with Crippen LogP contribution < -0.4 is 5.90 Å². The van der Waals surface area contributed by atoms with E-state index in [4.69, 9.17) is 10.7 Å². The van der Waals surface area contributed by atoms with Crippen LogP contribution in [0.2, 0.25) is 0 Å². The first-order valence-electron chi connectivity index (χ1n) is 6.38. The molecule has 1 saturated heterocycles. The molecule has 1 heterocycles. The van der Waals surface area contributed by atoms with Crippen molar-refractivity contribution in [2.24, 2.45) is 5.90 Å². The maximum absolute atomic E-state index is 12.2. The summed E-state index contributed by atoms with van der Waals surface area (Å²) in [6.45, 7) is 3.46. The predicted octanol–water partition coefficient (Wildman–Crippen LogP) is 1.42. The molecule has 0 bridgehead atoms. The van der Waals surface area contributed by atoms with Gasteiger partial charge in [0.1, 0.15) is 0 Å². The van der Waals surface area contributed by atoms with E-state index in [9.17, 15) is 4.79 Å². The van der Waals surface area contributed by atoms with Crippen LogP contribution in [-0.4, -0.2) is 30.0 Å². The lowest BCUT2D eigenvalue weighted by atomic mass is 10.1. The first kappa shape index (κ1) is 13.1. The molecule has 1 amide bonds. The molecule has 0 radical (unpaired) electrons. The van der Waals surface area contributed by atoms with Gasteiger partial charge in [0.15, 0.2) is 0 Å². The predicted molar refractivity (Wildman–Crippen MR) is 69.8 cm³/mol. The van der Waals surface area contributed by atoms with Crippen molar-refractivity contribution in [1.29, 1.82) is 0 Å². The van der Waals surface area contributed by atoms with Gasteiger partial charge in [-0.3, -0.25) is 9.63 Å². The number of hydrogen-bond acceptors (Lipinski definition) is 3. The highest BCUT2D eigenvalue weighted by Gasteiger charge is 2.23. The van der Waals surface area contributed by atoms with Crippen LogP contribution in [0.15, 0.2) is 24.3 Å². The minimum atomic E-state index is -0.0137. The molecule has 0 aliphatic carbocycles. The fourth-order valence-corrected chi connectivity index (χ4v) is 2.38. The summed E-state index contributed by atoms with van der Waals surface area (Å²) in [5.41, 5.74) is 2.25. The molecule has 98 valence electrons. The van der Waals surface area contributed by atoms with Crippen molar-refractivity contribution in [1.82, 2.24) is 4.90 Å². The van der Waals surface area contributed by atoms with E-state index in [1.54, 1.807) is 0 Å². The second-order valence-corrected chi connectivity index (χ2v) is 4.91. The van der Waals surface area contributed by atoms with Gasteiger partial charge < -0.3 is 4.90 Å². The zero-order valence-electron chi connectivity index (χ0n) is 10.8. The number of carbonyl (C=O) groups excluding carboxylic acids is 1. The van der Waals surface area contributed by atoms with Gasteiger partial charge in [-0.05, 0) is 25.3 Å². The number of nitrogens with zero attached hydrogens (tertiary/aromatic N) is 1. The van der Waals surface area contributed by atoms with Gasteiger partial charge in [-0.2, -0.15) is 0 Å². The number of hydrogen-bond donors (Lipinski definition) is 1. The first-order chi connectivity index (χ1) is 8.69. The van der Waals surface area contributed by atoms with Crippen LogP contribution >= 0.6 is 0 Å². The fourth-order valence-electron chi connectivity index (χ4n) is 2.38. The van der Waals surface area contributed by atoms with Crippen molar-refractivity contribution in [3.63, 3.8) is 0 Å². The van der Waals surface area contributed by atoms with Gasteiger partial charge in [0.2, 0.25) is 5.91 Å². The molecule has 1 fully saturated rings. The Hall–Kier alpha value is -1.39. The van der Waals surface area contributed by atoms with Gasteiger partial charge in [-0.25, -0.2) is 5.90 Å². The summed E-state index contributed by atoms with van der Waals surface area (Å²) in [5.74, 6) is 5.36. The molecule has 4 nitrogen and oxygen atoms in total. The third kappa shape index (κ3) is 3.31. The summed E-state index contributed by atoms with van der Waals surface area (Å²) < 4.78 is 0. The average Bonchev–Trinajstić information content (AvgIpc) is 2.39. The van der Waals surface area contributed by atoms with Crippen molar-refractivity contribution in [2.75, 3.05) is 13.1 Å². The first-order valence-corrected chi connectivity index (χ1v) is 6.38. The van der Waals surface area contributed by atoms with Gasteiger partial charge >= 0.3 is 0 Å². The number of aryl methyl sites for hydroxylation is 1. The zero-order valence-corrected chi connectivity index (χ0v) is 10.8. The Balaban J connectivity index is 1.95. The van der Waals surface area contributed by atoms with Crippen molar-refractivity contribution in [2.45, 2.75) is 32.3 Å². The van der Waals surface area contributed by atoms with Gasteiger partial charge in [0, 0.05) is 13.1 Å². The Morgan fingerprint density at radius 1 is 1.56 bits per heavy atom. The SMILES string of the molecule is Cc1cccc(CC(=O)N2CCCC(ON)C2)c1. The lowest BCUT2D eigenvalue weighted by Gasteiger charge is -2.31. The molecule has 2 N–H and O–H groups in total. The minimum absolute atomic E-state index is 0.0137. The van der Waals surface area contributed by atoms with E-state index in [1.807, 2.05) is 30.0 Å². The molecule has 4 heteroatoms. The monoisotopic (exact) mass is 248 g/mol. The molecule has 0 saturated carbocycles. The lowest BCUT2D eigenvalue weighted by Crippen LogP contribution is -2.44. The van der Waals surface area contributed by atoms with E-state index >= 15 is 0 Å². The molecular formula is C14H20N2O2. The van der Waals surface area contributed by atoms with Crippen LogP contribution in [0.3, 0.4) is 0 Å². The highest BCUT2D eigenvalue weighted by atomic mass is 16.6. The van der Waals surface area contributed by atoms with Crippen LogP contribution in [0.5, 0.6) is 0 Å². The average molecular weight is 248 g/mol. The molecule has 18 heavy (non-hydrogen) atoms. The quantitative estimate of drug-likeness (QED) is 0.823. The minimum Gasteiger partial charge on any atom is -0.340 e. The van der Waals surface area contributed by atoms with E-state index in [-0.39, 0.29) is 12.0 Å². The van der Waals surface area contributed by atoms with Crippen molar-refractivity contribution < 1.29 is 9.63 Å². The summed E-state index contributed by atoms with van der Waals surface area (Å²) in [7, 11) is 0. The smallest absolute Gasteiger partial charge is 0.227 e. The molecule has 1 aromatic carbocycles. The molecule has 1 unspecified atom stereocenters. The molecule has 1 atom stereocenters. The van der Waals surface area contributed by atoms with Crippen LogP contribution in [0.1, 0.15) is 24.0 Å². The molecule has 0 spiro atoms. The number of rotatable bonds is 3. The number of nitrogens with two attached hydrogens (primary N) is 1. The highest BCUT2D eigenvalue weighted by molar-refractivity contribution is 5.79. The molecular weight excluding hydrogens is 228 g/mol. The third-order valence-electron chi connectivity index (χ3n) is 3.36. The summed E-state index contributed by atoms with van der Waals surface area (Å²) >= 11 is 0. The van der Waals surface area contributed by atoms with E-state index in [2.05, 4.69) is 6.07 Å². The summed E-state index contributed by atoms with van der Waals surface area (Å²) in [6, 6.07) is 8.07. The van der Waals surface area contributed by atoms with E-state index < -0.39 is 0 Å². The van der Waals surface area contributed by atoms with E-state index in [1.165, 1.54) is 5.56 Å². The normalized spacial score (nSPS) is 19.9. The number of carbonyl (C=O) groups is 1. The fraction of sp³-hybridized carbons (Fsp3) is 0.500. The highest BCUT2D eigenvalue weighted by Crippen LogP contribution is 2.14. The lowest BCUT2D eigenvalue weighted by molar-refractivity contribution is -0.134.